The first-order chi connectivity index (χ1) is 16.9. The second-order valence-electron chi connectivity index (χ2n) is 9.43. The summed E-state index contributed by atoms with van der Waals surface area (Å²) >= 11 is 1.14. The lowest BCUT2D eigenvalue weighted by Crippen LogP contribution is -2.30. The minimum absolute atomic E-state index is 0.0475. The number of carbonyl (C=O) groups excluding carboxylic acids is 2. The molecule has 1 saturated carbocycles. The third kappa shape index (κ3) is 3.76. The topological polar surface area (TPSA) is 109 Å². The van der Waals surface area contributed by atoms with Gasteiger partial charge in [0.1, 0.15) is 12.3 Å². The van der Waals surface area contributed by atoms with Gasteiger partial charge in [-0.25, -0.2) is 9.78 Å². The first-order valence-corrected chi connectivity index (χ1v) is 12.4. The van der Waals surface area contributed by atoms with Gasteiger partial charge in [-0.05, 0) is 35.1 Å². The second-order valence-corrected chi connectivity index (χ2v) is 10.3. The highest BCUT2D eigenvalue weighted by Gasteiger charge is 2.59. The zero-order chi connectivity index (χ0) is 24.2. The predicted molar refractivity (Wildman–Crippen MR) is 130 cm³/mol. The van der Waals surface area contributed by atoms with E-state index >= 15 is 0 Å². The molecule has 1 spiro atoms. The van der Waals surface area contributed by atoms with Gasteiger partial charge in [0.15, 0.2) is 5.13 Å². The largest absolute Gasteiger partial charge is 0.481 e. The molecule has 3 aromatic rings. The van der Waals surface area contributed by atoms with Crippen molar-refractivity contribution in [2.45, 2.75) is 18.8 Å². The predicted octanol–water partition coefficient (Wildman–Crippen LogP) is 4.44. The summed E-state index contributed by atoms with van der Waals surface area (Å²) in [6.45, 7) is 0.819. The minimum atomic E-state index is -0.853. The quantitative estimate of drug-likeness (QED) is 0.549. The Morgan fingerprint density at radius 1 is 1.09 bits per heavy atom. The summed E-state index contributed by atoms with van der Waals surface area (Å²) in [5, 5.41) is 13.9. The van der Waals surface area contributed by atoms with Gasteiger partial charge in [0.2, 0.25) is 0 Å². The number of anilines is 1. The molecule has 1 aliphatic heterocycles. The van der Waals surface area contributed by atoms with Gasteiger partial charge in [0, 0.05) is 29.8 Å². The van der Waals surface area contributed by atoms with Crippen molar-refractivity contribution >= 4 is 34.4 Å². The van der Waals surface area contributed by atoms with E-state index in [1.165, 1.54) is 0 Å². The van der Waals surface area contributed by atoms with E-state index in [2.05, 4.69) is 34.6 Å². The van der Waals surface area contributed by atoms with Crippen molar-refractivity contribution in [3.63, 3.8) is 0 Å². The fraction of sp³-hybridized carbons (Fsp3) is 0.308. The van der Waals surface area contributed by atoms with Gasteiger partial charge in [0.25, 0.3) is 5.91 Å². The Kier molecular flexibility index (Phi) is 5.10. The molecule has 178 valence electrons. The van der Waals surface area contributed by atoms with E-state index in [0.29, 0.717) is 6.54 Å². The lowest BCUT2D eigenvalue weighted by Gasteiger charge is -2.14. The van der Waals surface area contributed by atoms with Crippen LogP contribution < -0.4 is 5.32 Å². The van der Waals surface area contributed by atoms with Crippen molar-refractivity contribution in [1.29, 1.82) is 0 Å². The van der Waals surface area contributed by atoms with Gasteiger partial charge >= 0.3 is 12.1 Å². The molecule has 2 N–H and O–H groups in total. The molecule has 2 aromatic carbocycles. The van der Waals surface area contributed by atoms with Crippen LogP contribution in [0.25, 0.3) is 11.1 Å². The number of hydrogen-bond donors (Lipinski definition) is 2. The van der Waals surface area contributed by atoms with Crippen LogP contribution in [0.3, 0.4) is 0 Å². The summed E-state index contributed by atoms with van der Waals surface area (Å²) < 4.78 is 5.55. The Morgan fingerprint density at radius 2 is 1.74 bits per heavy atom. The van der Waals surface area contributed by atoms with E-state index in [1.807, 2.05) is 24.3 Å². The highest BCUT2D eigenvalue weighted by molar-refractivity contribution is 7.14. The molecular weight excluding hydrogens is 466 g/mol. The van der Waals surface area contributed by atoms with Crippen molar-refractivity contribution in [2.24, 2.45) is 11.3 Å². The van der Waals surface area contributed by atoms with Crippen molar-refractivity contribution < 1.29 is 24.2 Å². The van der Waals surface area contributed by atoms with Crippen LogP contribution in [-0.4, -0.2) is 52.7 Å². The average Bonchev–Trinajstić information content (AvgIpc) is 3.18. The average molecular weight is 490 g/mol. The maximum absolute atomic E-state index is 12.9. The summed E-state index contributed by atoms with van der Waals surface area (Å²) in [4.78, 5) is 42.8. The molecule has 1 atom stereocenters. The first-order valence-electron chi connectivity index (χ1n) is 11.5. The third-order valence-corrected chi connectivity index (χ3v) is 8.16. The Hall–Kier alpha value is -3.72. The van der Waals surface area contributed by atoms with Gasteiger partial charge in [-0.1, -0.05) is 48.5 Å². The number of fused-ring (bicyclic) bond motifs is 3. The summed E-state index contributed by atoms with van der Waals surface area (Å²) in [6, 6.07) is 16.2. The Bertz CT molecular complexity index is 1300. The maximum Gasteiger partial charge on any atom is 0.413 e. The molecular formula is C26H23N3O5S. The smallest absolute Gasteiger partial charge is 0.413 e. The molecule has 1 unspecified atom stereocenters. The van der Waals surface area contributed by atoms with Gasteiger partial charge in [-0.3, -0.25) is 14.9 Å². The molecule has 9 heteroatoms. The van der Waals surface area contributed by atoms with Crippen LogP contribution in [0.1, 0.15) is 40.4 Å². The van der Waals surface area contributed by atoms with Gasteiger partial charge < -0.3 is 14.7 Å². The van der Waals surface area contributed by atoms with Crippen LogP contribution in [0, 0.1) is 11.3 Å². The van der Waals surface area contributed by atoms with Crippen molar-refractivity contribution in [2.75, 3.05) is 25.0 Å². The SMILES string of the molecule is O=C(Nc1nc(C(=O)N2CC(C(=O)O)C3(CC3)C2)cs1)OCC1c2ccccc2-c2ccccc21. The fourth-order valence-corrected chi connectivity index (χ4v) is 6.11. The monoisotopic (exact) mass is 489 g/mol. The highest BCUT2D eigenvalue weighted by atomic mass is 32.1. The summed E-state index contributed by atoms with van der Waals surface area (Å²) in [5.74, 6) is -1.73. The number of ether oxygens (including phenoxy) is 1. The molecule has 2 heterocycles. The number of hydrogen-bond acceptors (Lipinski definition) is 6. The van der Waals surface area contributed by atoms with E-state index in [-0.39, 0.29) is 41.2 Å². The van der Waals surface area contributed by atoms with Crippen LogP contribution in [0.4, 0.5) is 9.93 Å². The molecule has 3 aliphatic rings. The van der Waals surface area contributed by atoms with E-state index in [9.17, 15) is 19.5 Å². The van der Waals surface area contributed by atoms with Crippen LogP contribution in [0.5, 0.6) is 0 Å². The number of benzene rings is 2. The number of carboxylic acids is 1. The number of nitrogens with zero attached hydrogens (tertiary/aromatic N) is 2. The summed E-state index contributed by atoms with van der Waals surface area (Å²) in [5.41, 5.74) is 4.48. The number of aromatic nitrogens is 1. The molecule has 2 amide bonds. The second kappa shape index (κ2) is 8.20. The number of nitrogens with one attached hydrogen (secondary N) is 1. The summed E-state index contributed by atoms with van der Waals surface area (Å²) in [7, 11) is 0. The number of amides is 2. The Labute approximate surface area is 205 Å². The van der Waals surface area contributed by atoms with Crippen molar-refractivity contribution in [3.8, 4) is 11.1 Å². The molecule has 2 aliphatic carbocycles. The zero-order valence-electron chi connectivity index (χ0n) is 18.8. The lowest BCUT2D eigenvalue weighted by molar-refractivity contribution is -0.142. The molecule has 1 saturated heterocycles. The van der Waals surface area contributed by atoms with Gasteiger partial charge in [-0.2, -0.15) is 0 Å². The molecule has 8 nitrogen and oxygen atoms in total. The lowest BCUT2D eigenvalue weighted by atomic mass is 9.93. The standard InChI is InChI=1S/C26H23N3O5S/c30-22(29-11-20(23(31)32)26(14-29)9-10-26)21-13-35-24(27-21)28-25(33)34-12-19-17-7-3-1-5-15(17)16-6-2-4-8-18(16)19/h1-8,13,19-20H,9-12,14H2,(H,31,32)(H,27,28,33). The molecule has 0 radical (unpaired) electrons. The number of carbonyl (C=O) groups is 3. The number of thiazole rings is 1. The summed E-state index contributed by atoms with van der Waals surface area (Å²) in [6.07, 6.45) is 1.03. The number of rotatable bonds is 5. The van der Waals surface area contributed by atoms with Crippen LogP contribution in [-0.2, 0) is 9.53 Å². The maximum atomic E-state index is 12.9. The molecule has 6 rings (SSSR count). The molecule has 35 heavy (non-hydrogen) atoms. The van der Waals surface area contributed by atoms with E-state index in [4.69, 9.17) is 4.74 Å². The first kappa shape index (κ1) is 21.8. The Morgan fingerprint density at radius 3 is 2.34 bits per heavy atom. The third-order valence-electron chi connectivity index (χ3n) is 7.40. The highest BCUT2D eigenvalue weighted by Crippen LogP contribution is 2.56. The molecule has 1 aromatic heterocycles. The Balaban J connectivity index is 1.09. The van der Waals surface area contributed by atoms with Gasteiger partial charge in [0.05, 0.1) is 5.92 Å². The normalized spacial score (nSPS) is 19.3. The van der Waals surface area contributed by atoms with E-state index < -0.39 is 18.0 Å². The number of carboxylic acid groups (broad SMARTS) is 1. The molecule has 2 fully saturated rings. The van der Waals surface area contributed by atoms with E-state index in [0.717, 1.165) is 46.4 Å². The number of likely N-dealkylation sites (tertiary alicyclic amines) is 1. The molecule has 0 bridgehead atoms. The van der Waals surface area contributed by atoms with Crippen LogP contribution in [0.2, 0.25) is 0 Å². The van der Waals surface area contributed by atoms with Gasteiger partial charge in [-0.15, -0.1) is 11.3 Å². The van der Waals surface area contributed by atoms with E-state index in [1.54, 1.807) is 10.3 Å². The number of aliphatic carboxylic acids is 1. The minimum Gasteiger partial charge on any atom is -0.481 e. The zero-order valence-corrected chi connectivity index (χ0v) is 19.6. The van der Waals surface area contributed by atoms with Crippen LogP contribution in [0.15, 0.2) is 53.9 Å². The fourth-order valence-electron chi connectivity index (χ4n) is 5.44. The van der Waals surface area contributed by atoms with Crippen LogP contribution >= 0.6 is 11.3 Å². The van der Waals surface area contributed by atoms with Crippen molar-refractivity contribution in [3.05, 3.63) is 70.7 Å². The van der Waals surface area contributed by atoms with Crippen molar-refractivity contribution in [1.82, 2.24) is 9.88 Å².